The van der Waals surface area contributed by atoms with Gasteiger partial charge in [-0.15, -0.1) is 0 Å². The molecule has 0 rings (SSSR count). The van der Waals surface area contributed by atoms with E-state index in [2.05, 4.69) is 39.2 Å². The van der Waals surface area contributed by atoms with Crippen molar-refractivity contribution in [2.75, 3.05) is 0 Å². The van der Waals surface area contributed by atoms with E-state index in [-0.39, 0.29) is 0 Å². The molecule has 0 aliphatic heterocycles. The highest BCUT2D eigenvalue weighted by Crippen LogP contribution is 2.15. The van der Waals surface area contributed by atoms with Crippen LogP contribution in [0.5, 0.6) is 0 Å². The minimum absolute atomic E-state index is 0.536. The summed E-state index contributed by atoms with van der Waals surface area (Å²) in [6.45, 7) is 13.8. The van der Waals surface area contributed by atoms with E-state index in [4.69, 9.17) is 0 Å². The second kappa shape index (κ2) is 7.14. The molecule has 0 spiro atoms. The van der Waals surface area contributed by atoms with Crippen LogP contribution in [0.25, 0.3) is 0 Å². The lowest BCUT2D eigenvalue weighted by molar-refractivity contribution is 0.827. The second-order valence-electron chi connectivity index (χ2n) is 3.43. The van der Waals surface area contributed by atoms with E-state index in [0.717, 1.165) is 5.57 Å². The first kappa shape index (κ1) is 12.7. The Kier molecular flexibility index (Phi) is 6.47. The lowest BCUT2D eigenvalue weighted by Gasteiger charge is -2.05. The lowest BCUT2D eigenvalue weighted by atomic mass is 10.0. The monoisotopic (exact) mass is 188 g/mol. The predicted molar refractivity (Wildman–Crippen MR) is 66.2 cm³/mol. The van der Waals surface area contributed by atoms with Gasteiger partial charge in [-0.2, -0.15) is 0 Å². The molecule has 0 aromatic heterocycles. The van der Waals surface area contributed by atoms with E-state index >= 15 is 0 Å². The molecule has 76 valence electrons. The van der Waals surface area contributed by atoms with E-state index in [1.54, 1.807) is 6.08 Å². The zero-order valence-corrected chi connectivity index (χ0v) is 9.46. The van der Waals surface area contributed by atoms with E-state index in [1.807, 2.05) is 25.2 Å². The zero-order chi connectivity index (χ0) is 11.0. The van der Waals surface area contributed by atoms with Crippen LogP contribution >= 0.6 is 0 Å². The molecule has 0 radical (unpaired) electrons. The van der Waals surface area contributed by atoms with Crippen molar-refractivity contribution in [2.24, 2.45) is 5.92 Å². The molecule has 0 aliphatic rings. The van der Waals surface area contributed by atoms with Gasteiger partial charge >= 0.3 is 0 Å². The average molecular weight is 188 g/mol. The predicted octanol–water partition coefficient (Wildman–Crippen LogP) is 4.44. The van der Waals surface area contributed by atoms with Crippen molar-refractivity contribution in [2.45, 2.75) is 20.8 Å². The van der Waals surface area contributed by atoms with Crippen LogP contribution in [0.1, 0.15) is 20.8 Å². The molecule has 0 saturated heterocycles. The molecule has 14 heavy (non-hydrogen) atoms. The van der Waals surface area contributed by atoms with Gasteiger partial charge < -0.3 is 0 Å². The van der Waals surface area contributed by atoms with Gasteiger partial charge in [0.25, 0.3) is 0 Å². The molecule has 0 amide bonds. The van der Waals surface area contributed by atoms with Crippen molar-refractivity contribution >= 4 is 0 Å². The summed E-state index contributed by atoms with van der Waals surface area (Å²) in [4.78, 5) is 0. The molecule has 0 nitrogen and oxygen atoms in total. The summed E-state index contributed by atoms with van der Waals surface area (Å²) in [5, 5.41) is 0. The van der Waals surface area contributed by atoms with Crippen LogP contribution in [-0.2, 0) is 0 Å². The maximum absolute atomic E-state index is 3.80. The van der Waals surface area contributed by atoms with Gasteiger partial charge in [-0.3, -0.25) is 0 Å². The van der Waals surface area contributed by atoms with Crippen LogP contribution in [0.2, 0.25) is 0 Å². The number of hydrogen-bond acceptors (Lipinski definition) is 0. The van der Waals surface area contributed by atoms with Crippen LogP contribution in [0.4, 0.5) is 0 Å². The summed E-state index contributed by atoms with van der Waals surface area (Å²) in [5.74, 6) is 0.536. The Morgan fingerprint density at radius 1 is 1.14 bits per heavy atom. The molecule has 0 saturated carbocycles. The van der Waals surface area contributed by atoms with E-state index in [1.165, 1.54) is 5.57 Å². The van der Waals surface area contributed by atoms with Crippen molar-refractivity contribution in [3.8, 4) is 0 Å². The maximum atomic E-state index is 3.80. The van der Waals surface area contributed by atoms with Gasteiger partial charge in [-0.25, -0.2) is 0 Å². The van der Waals surface area contributed by atoms with Crippen molar-refractivity contribution < 1.29 is 0 Å². The van der Waals surface area contributed by atoms with Crippen molar-refractivity contribution in [1.29, 1.82) is 0 Å². The first-order valence-electron chi connectivity index (χ1n) is 4.95. The molecule has 0 N–H and O–H groups in total. The Hall–Kier alpha value is -1.30. The standard InChI is InChI=1S/C14H20/c1-6-9-13(8-3)14(10-7-2)11-12(4)5/h6-12H,1,3H2,2,4-5H3/b10-7-,13-9-,14-11-. The molecule has 0 fully saturated rings. The Labute approximate surface area is 88.0 Å². The molecule has 0 heteroatoms. The van der Waals surface area contributed by atoms with Gasteiger partial charge in [-0.1, -0.05) is 63.5 Å². The van der Waals surface area contributed by atoms with Crippen LogP contribution in [0, 0.1) is 5.92 Å². The summed E-state index contributed by atoms with van der Waals surface area (Å²) in [5.41, 5.74) is 2.32. The van der Waals surface area contributed by atoms with Crippen molar-refractivity contribution in [3.63, 3.8) is 0 Å². The third-order valence-corrected chi connectivity index (χ3v) is 1.71. The SMILES string of the molecule is C=C\C=C(C=C)/C(/C=C\C)=C\C(C)C. The Balaban J connectivity index is 5.07. The zero-order valence-electron chi connectivity index (χ0n) is 9.46. The fourth-order valence-corrected chi connectivity index (χ4v) is 1.20. The molecule has 0 aromatic carbocycles. The molecule has 0 bridgehead atoms. The molecule has 0 atom stereocenters. The van der Waals surface area contributed by atoms with Gasteiger partial charge in [0.1, 0.15) is 0 Å². The maximum Gasteiger partial charge on any atom is -0.0193 e. The van der Waals surface area contributed by atoms with Crippen LogP contribution in [-0.4, -0.2) is 0 Å². The minimum Gasteiger partial charge on any atom is -0.0990 e. The van der Waals surface area contributed by atoms with E-state index in [9.17, 15) is 0 Å². The second-order valence-corrected chi connectivity index (χ2v) is 3.43. The Bertz CT molecular complexity index is 272. The molecule has 0 unspecified atom stereocenters. The minimum atomic E-state index is 0.536. The van der Waals surface area contributed by atoms with Gasteiger partial charge in [0.05, 0.1) is 0 Å². The largest absolute Gasteiger partial charge is 0.0990 e. The molecule has 0 aliphatic carbocycles. The molecule has 0 aromatic rings. The summed E-state index contributed by atoms with van der Waals surface area (Å²) in [6.07, 6.45) is 12.0. The summed E-state index contributed by atoms with van der Waals surface area (Å²) >= 11 is 0. The van der Waals surface area contributed by atoms with Crippen molar-refractivity contribution in [1.82, 2.24) is 0 Å². The smallest absolute Gasteiger partial charge is 0.0193 e. The van der Waals surface area contributed by atoms with Crippen LogP contribution in [0.15, 0.2) is 60.8 Å². The first-order valence-corrected chi connectivity index (χ1v) is 4.95. The fraction of sp³-hybridized carbons (Fsp3) is 0.286. The summed E-state index contributed by atoms with van der Waals surface area (Å²) < 4.78 is 0. The van der Waals surface area contributed by atoms with Gasteiger partial charge in [-0.05, 0) is 24.0 Å². The third-order valence-electron chi connectivity index (χ3n) is 1.71. The highest BCUT2D eigenvalue weighted by atomic mass is 14.0. The van der Waals surface area contributed by atoms with E-state index < -0.39 is 0 Å². The quantitative estimate of drug-likeness (QED) is 0.559. The normalized spacial score (nSPS) is 13.7. The molecule has 0 heterocycles. The van der Waals surface area contributed by atoms with Crippen molar-refractivity contribution in [3.05, 3.63) is 60.8 Å². The summed E-state index contributed by atoms with van der Waals surface area (Å²) in [7, 11) is 0. The van der Waals surface area contributed by atoms with Gasteiger partial charge in [0.2, 0.25) is 0 Å². The highest BCUT2D eigenvalue weighted by molar-refractivity contribution is 5.47. The highest BCUT2D eigenvalue weighted by Gasteiger charge is 1.97. The molecular weight excluding hydrogens is 168 g/mol. The Morgan fingerprint density at radius 2 is 1.79 bits per heavy atom. The fourth-order valence-electron chi connectivity index (χ4n) is 1.20. The number of hydrogen-bond donors (Lipinski definition) is 0. The Morgan fingerprint density at radius 3 is 2.14 bits per heavy atom. The number of rotatable bonds is 5. The number of allylic oxidation sites excluding steroid dienone is 8. The van der Waals surface area contributed by atoms with Gasteiger partial charge in [0, 0.05) is 0 Å². The summed E-state index contributed by atoms with van der Waals surface area (Å²) in [6, 6.07) is 0. The third kappa shape index (κ3) is 4.66. The molecular formula is C14H20. The first-order chi connectivity index (χ1) is 6.65. The topological polar surface area (TPSA) is 0 Å². The average Bonchev–Trinajstić information content (AvgIpc) is 2.13. The van der Waals surface area contributed by atoms with Crippen LogP contribution in [0.3, 0.4) is 0 Å². The van der Waals surface area contributed by atoms with Crippen LogP contribution < -0.4 is 0 Å². The lowest BCUT2D eigenvalue weighted by Crippen LogP contribution is -1.87. The van der Waals surface area contributed by atoms with E-state index in [0.29, 0.717) is 5.92 Å². The van der Waals surface area contributed by atoms with Gasteiger partial charge in [0.15, 0.2) is 0 Å².